The molecule has 3 N–H and O–H groups in total. The van der Waals surface area contributed by atoms with Crippen LogP contribution in [0.5, 0.6) is 0 Å². The number of hydrogen-bond acceptors (Lipinski definition) is 3. The molecule has 0 amide bonds. The molecule has 0 aromatic carbocycles. The summed E-state index contributed by atoms with van der Waals surface area (Å²) in [6.45, 7) is 7.73. The van der Waals surface area contributed by atoms with Crippen molar-refractivity contribution >= 4 is 11.9 Å². The van der Waals surface area contributed by atoms with Gasteiger partial charge in [-0.1, -0.05) is 13.8 Å². The Morgan fingerprint density at radius 2 is 1.92 bits per heavy atom. The van der Waals surface area contributed by atoms with E-state index in [1.165, 1.54) is 6.21 Å². The molecular weight excluding hydrogens is 162 g/mol. The van der Waals surface area contributed by atoms with E-state index in [2.05, 4.69) is 4.98 Å². The molecule has 0 bridgehead atoms. The summed E-state index contributed by atoms with van der Waals surface area (Å²) in [5.74, 6) is 0. The number of nitrogens with zero attached hydrogens (tertiary/aromatic N) is 1. The number of rotatable bonds is 1. The van der Waals surface area contributed by atoms with Gasteiger partial charge in [-0.2, -0.15) is 0 Å². The van der Waals surface area contributed by atoms with Gasteiger partial charge in [0.1, 0.15) is 0 Å². The summed E-state index contributed by atoms with van der Waals surface area (Å²) < 4.78 is 0. The third kappa shape index (κ3) is 2.86. The summed E-state index contributed by atoms with van der Waals surface area (Å²) in [4.78, 5) is 4.15. The number of aromatic nitrogens is 1. The molecule has 0 spiro atoms. The molecule has 72 valence electrons. The molecule has 1 rings (SSSR count). The van der Waals surface area contributed by atoms with E-state index in [0.29, 0.717) is 5.69 Å². The zero-order valence-electron chi connectivity index (χ0n) is 8.68. The Morgan fingerprint density at radius 1 is 1.38 bits per heavy atom. The first kappa shape index (κ1) is 11.6. The molecule has 1 heterocycles. The van der Waals surface area contributed by atoms with E-state index >= 15 is 0 Å². The molecule has 0 unspecified atom stereocenters. The standard InChI is InChI=1S/C8H11N3.C2H6/c1-5-3-7(4-9)8(10)6(2)11-5;1-2/h3-4,9H,10H2,1-2H3;1-2H3. The number of nitrogens with one attached hydrogen (secondary N) is 1. The van der Waals surface area contributed by atoms with E-state index in [1.54, 1.807) is 6.07 Å². The van der Waals surface area contributed by atoms with E-state index < -0.39 is 0 Å². The van der Waals surface area contributed by atoms with Crippen LogP contribution < -0.4 is 5.73 Å². The minimum Gasteiger partial charge on any atom is -0.397 e. The maximum absolute atomic E-state index is 7.05. The molecule has 3 nitrogen and oxygen atoms in total. The van der Waals surface area contributed by atoms with Crippen molar-refractivity contribution < 1.29 is 0 Å². The monoisotopic (exact) mass is 179 g/mol. The lowest BCUT2D eigenvalue weighted by Gasteiger charge is -2.03. The van der Waals surface area contributed by atoms with Crippen molar-refractivity contribution in [3.05, 3.63) is 23.0 Å². The normalized spacial score (nSPS) is 8.62. The summed E-state index contributed by atoms with van der Waals surface area (Å²) in [7, 11) is 0. The Kier molecular flexibility index (Phi) is 4.74. The van der Waals surface area contributed by atoms with E-state index in [-0.39, 0.29) is 0 Å². The van der Waals surface area contributed by atoms with E-state index in [0.717, 1.165) is 17.0 Å². The highest BCUT2D eigenvalue weighted by Crippen LogP contribution is 2.13. The summed E-state index contributed by atoms with van der Waals surface area (Å²) in [6, 6.07) is 1.80. The number of anilines is 1. The number of nitrogen functional groups attached to an aromatic ring is 1. The summed E-state index contributed by atoms with van der Waals surface area (Å²) in [6.07, 6.45) is 1.25. The molecule has 0 atom stereocenters. The smallest absolute Gasteiger partial charge is 0.0619 e. The Hall–Kier alpha value is -1.38. The van der Waals surface area contributed by atoms with Gasteiger partial charge < -0.3 is 11.1 Å². The largest absolute Gasteiger partial charge is 0.397 e. The maximum atomic E-state index is 7.05. The van der Waals surface area contributed by atoms with Crippen LogP contribution in [0.2, 0.25) is 0 Å². The van der Waals surface area contributed by atoms with Crippen molar-refractivity contribution in [1.29, 1.82) is 5.41 Å². The molecule has 0 fully saturated rings. The summed E-state index contributed by atoms with van der Waals surface area (Å²) >= 11 is 0. The fourth-order valence-electron chi connectivity index (χ4n) is 0.988. The van der Waals surface area contributed by atoms with Gasteiger partial charge in [0.2, 0.25) is 0 Å². The van der Waals surface area contributed by atoms with Crippen molar-refractivity contribution in [2.24, 2.45) is 0 Å². The van der Waals surface area contributed by atoms with Gasteiger partial charge in [0, 0.05) is 17.5 Å². The van der Waals surface area contributed by atoms with Gasteiger partial charge in [0.15, 0.2) is 0 Å². The van der Waals surface area contributed by atoms with Crippen LogP contribution in [0.3, 0.4) is 0 Å². The first-order valence-corrected chi connectivity index (χ1v) is 4.39. The molecule has 3 heteroatoms. The van der Waals surface area contributed by atoms with Gasteiger partial charge in [-0.05, 0) is 19.9 Å². The average Bonchev–Trinajstić information content (AvgIpc) is 2.14. The first-order valence-electron chi connectivity index (χ1n) is 4.39. The van der Waals surface area contributed by atoms with Crippen LogP contribution in [-0.4, -0.2) is 11.2 Å². The van der Waals surface area contributed by atoms with E-state index in [9.17, 15) is 0 Å². The third-order valence-corrected chi connectivity index (χ3v) is 1.56. The van der Waals surface area contributed by atoms with Gasteiger partial charge in [-0.25, -0.2) is 0 Å². The molecule has 13 heavy (non-hydrogen) atoms. The Balaban J connectivity index is 0.000000671. The molecule has 0 aliphatic rings. The fourth-order valence-corrected chi connectivity index (χ4v) is 0.988. The fraction of sp³-hybridized carbons (Fsp3) is 0.400. The lowest BCUT2D eigenvalue weighted by atomic mass is 10.2. The molecule has 0 aliphatic carbocycles. The number of pyridine rings is 1. The zero-order valence-corrected chi connectivity index (χ0v) is 8.68. The molecule has 0 radical (unpaired) electrons. The molecule has 0 aliphatic heterocycles. The Labute approximate surface area is 79.5 Å². The maximum Gasteiger partial charge on any atom is 0.0619 e. The van der Waals surface area contributed by atoms with Crippen molar-refractivity contribution in [2.75, 3.05) is 5.73 Å². The second-order valence-corrected chi connectivity index (χ2v) is 2.50. The van der Waals surface area contributed by atoms with Crippen LogP contribution in [0.25, 0.3) is 0 Å². The van der Waals surface area contributed by atoms with E-state index in [1.807, 2.05) is 27.7 Å². The molecule has 1 aromatic heterocycles. The lowest BCUT2D eigenvalue weighted by Crippen LogP contribution is -2.00. The van der Waals surface area contributed by atoms with Crippen LogP contribution in [0.1, 0.15) is 30.8 Å². The van der Waals surface area contributed by atoms with Gasteiger partial charge >= 0.3 is 0 Å². The van der Waals surface area contributed by atoms with Crippen LogP contribution in [0.4, 0.5) is 5.69 Å². The highest BCUT2D eigenvalue weighted by Gasteiger charge is 2.00. The van der Waals surface area contributed by atoms with Gasteiger partial charge in [-0.15, -0.1) is 0 Å². The summed E-state index contributed by atoms with van der Waals surface area (Å²) in [5.41, 5.74) is 8.69. The van der Waals surface area contributed by atoms with Crippen molar-refractivity contribution in [3.63, 3.8) is 0 Å². The minimum atomic E-state index is 0.602. The molecule has 0 saturated carbocycles. The van der Waals surface area contributed by atoms with Crippen LogP contribution in [-0.2, 0) is 0 Å². The average molecular weight is 179 g/mol. The molecule has 1 aromatic rings. The minimum absolute atomic E-state index is 0.602. The van der Waals surface area contributed by atoms with Gasteiger partial charge in [0.05, 0.1) is 11.4 Å². The third-order valence-electron chi connectivity index (χ3n) is 1.56. The number of hydrogen-bond donors (Lipinski definition) is 2. The summed E-state index contributed by atoms with van der Waals surface area (Å²) in [5, 5.41) is 7.05. The molecular formula is C10H17N3. The predicted molar refractivity (Wildman–Crippen MR) is 57.4 cm³/mol. The van der Waals surface area contributed by atoms with Gasteiger partial charge in [0.25, 0.3) is 0 Å². The highest BCUT2D eigenvalue weighted by atomic mass is 14.7. The lowest BCUT2D eigenvalue weighted by molar-refractivity contribution is 1.12. The van der Waals surface area contributed by atoms with Crippen LogP contribution in [0.15, 0.2) is 6.07 Å². The molecule has 0 saturated heterocycles. The highest BCUT2D eigenvalue weighted by molar-refractivity contribution is 5.85. The first-order chi connectivity index (χ1) is 6.15. The number of aryl methyl sites for hydroxylation is 2. The van der Waals surface area contributed by atoms with E-state index in [4.69, 9.17) is 11.1 Å². The predicted octanol–water partition coefficient (Wildman–Crippen LogP) is 2.30. The SMILES string of the molecule is CC.Cc1cc(C=N)c(N)c(C)n1. The Bertz CT molecular complexity index is 292. The Morgan fingerprint density at radius 3 is 2.38 bits per heavy atom. The van der Waals surface area contributed by atoms with Gasteiger partial charge in [-0.3, -0.25) is 4.98 Å². The van der Waals surface area contributed by atoms with Crippen molar-refractivity contribution in [2.45, 2.75) is 27.7 Å². The second-order valence-electron chi connectivity index (χ2n) is 2.50. The number of nitrogens with two attached hydrogens (primary N) is 1. The van der Waals surface area contributed by atoms with Crippen LogP contribution in [0, 0.1) is 19.3 Å². The van der Waals surface area contributed by atoms with Crippen molar-refractivity contribution in [3.8, 4) is 0 Å². The topological polar surface area (TPSA) is 62.8 Å². The van der Waals surface area contributed by atoms with Crippen LogP contribution >= 0.6 is 0 Å². The zero-order chi connectivity index (χ0) is 10.4. The second kappa shape index (κ2) is 5.30. The quantitative estimate of drug-likeness (QED) is 0.650. The van der Waals surface area contributed by atoms with Crippen molar-refractivity contribution in [1.82, 2.24) is 4.98 Å².